The molecule has 0 atom stereocenters. The molecule has 0 amide bonds. The summed E-state index contributed by atoms with van der Waals surface area (Å²) in [5, 5.41) is 0. The lowest BCUT2D eigenvalue weighted by Crippen LogP contribution is -2.23. The molecule has 0 unspecified atom stereocenters. The van der Waals surface area contributed by atoms with E-state index in [0.29, 0.717) is 17.0 Å². The van der Waals surface area contributed by atoms with Crippen LogP contribution in [0, 0.1) is 12.7 Å². The van der Waals surface area contributed by atoms with Crippen molar-refractivity contribution in [2.75, 3.05) is 0 Å². The summed E-state index contributed by atoms with van der Waals surface area (Å²) in [6.45, 7) is 2.19. The number of nitrogens with two attached hydrogens (primary N) is 1. The molecule has 0 bridgehead atoms. The molecule has 0 fully saturated rings. The summed E-state index contributed by atoms with van der Waals surface area (Å²) >= 11 is 1.37. The van der Waals surface area contributed by atoms with Crippen molar-refractivity contribution in [2.24, 2.45) is 5.73 Å². The van der Waals surface area contributed by atoms with Crippen molar-refractivity contribution >= 4 is 21.4 Å². The molecule has 20 heavy (non-hydrogen) atoms. The minimum absolute atomic E-state index is 0.121. The fraction of sp³-hybridized carbons (Fsp3) is 0.231. The van der Waals surface area contributed by atoms with Crippen LogP contribution < -0.4 is 10.5 Å². The van der Waals surface area contributed by atoms with E-state index in [2.05, 4.69) is 4.72 Å². The highest BCUT2D eigenvalue weighted by Crippen LogP contribution is 2.25. The topological polar surface area (TPSA) is 72.2 Å². The Morgan fingerprint density at radius 3 is 2.50 bits per heavy atom. The minimum atomic E-state index is -3.58. The van der Waals surface area contributed by atoms with Gasteiger partial charge in [0.2, 0.25) is 10.0 Å². The molecule has 0 saturated heterocycles. The van der Waals surface area contributed by atoms with Crippen LogP contribution in [0.25, 0.3) is 0 Å². The Balaban J connectivity index is 2.14. The Morgan fingerprint density at radius 2 is 1.95 bits per heavy atom. The fourth-order valence-corrected chi connectivity index (χ4v) is 4.28. The number of thiophene rings is 1. The smallest absolute Gasteiger partial charge is 0.241 e. The van der Waals surface area contributed by atoms with Gasteiger partial charge in [-0.3, -0.25) is 0 Å². The van der Waals surface area contributed by atoms with Gasteiger partial charge < -0.3 is 5.73 Å². The Kier molecular flexibility index (Phi) is 4.54. The molecule has 0 radical (unpaired) electrons. The number of sulfonamides is 1. The highest BCUT2D eigenvalue weighted by atomic mass is 32.2. The van der Waals surface area contributed by atoms with E-state index < -0.39 is 10.0 Å². The average molecular weight is 314 g/mol. The summed E-state index contributed by atoms with van der Waals surface area (Å²) in [5.41, 5.74) is 6.21. The SMILES string of the molecule is Cc1sc(CN)cc1S(=O)(=O)NCc1ccc(F)cc1. The maximum atomic E-state index is 12.8. The second-order valence-electron chi connectivity index (χ2n) is 4.29. The quantitative estimate of drug-likeness (QED) is 0.888. The third-order valence-corrected chi connectivity index (χ3v) is 5.52. The molecular weight excluding hydrogens is 299 g/mol. The van der Waals surface area contributed by atoms with Gasteiger partial charge in [0.25, 0.3) is 0 Å². The van der Waals surface area contributed by atoms with Gasteiger partial charge in [0.05, 0.1) is 4.90 Å². The van der Waals surface area contributed by atoms with E-state index in [0.717, 1.165) is 4.88 Å². The highest BCUT2D eigenvalue weighted by molar-refractivity contribution is 7.89. The van der Waals surface area contributed by atoms with Gasteiger partial charge in [-0.25, -0.2) is 17.5 Å². The largest absolute Gasteiger partial charge is 0.326 e. The fourth-order valence-electron chi connectivity index (χ4n) is 1.75. The second-order valence-corrected chi connectivity index (χ2v) is 7.36. The first-order chi connectivity index (χ1) is 9.42. The lowest BCUT2D eigenvalue weighted by molar-refractivity contribution is 0.581. The number of hydrogen-bond acceptors (Lipinski definition) is 4. The van der Waals surface area contributed by atoms with E-state index in [9.17, 15) is 12.8 Å². The highest BCUT2D eigenvalue weighted by Gasteiger charge is 2.19. The van der Waals surface area contributed by atoms with Gasteiger partial charge >= 0.3 is 0 Å². The minimum Gasteiger partial charge on any atom is -0.326 e. The molecular formula is C13H15FN2O2S2. The number of rotatable bonds is 5. The zero-order valence-corrected chi connectivity index (χ0v) is 12.5. The zero-order valence-electron chi connectivity index (χ0n) is 10.9. The number of benzene rings is 1. The van der Waals surface area contributed by atoms with Crippen LogP contribution >= 0.6 is 11.3 Å². The molecule has 0 aliphatic carbocycles. The number of nitrogens with one attached hydrogen (secondary N) is 1. The van der Waals surface area contributed by atoms with Crippen LogP contribution in [0.1, 0.15) is 15.3 Å². The summed E-state index contributed by atoms with van der Waals surface area (Å²) in [4.78, 5) is 1.78. The lowest BCUT2D eigenvalue weighted by atomic mass is 10.2. The first-order valence-electron chi connectivity index (χ1n) is 5.96. The second kappa shape index (κ2) is 6.01. The Morgan fingerprint density at radius 1 is 1.30 bits per heavy atom. The van der Waals surface area contributed by atoms with Crippen LogP contribution in [0.2, 0.25) is 0 Å². The molecule has 4 nitrogen and oxygen atoms in total. The Labute approximate surface area is 121 Å². The summed E-state index contributed by atoms with van der Waals surface area (Å²) in [7, 11) is -3.58. The number of halogens is 1. The van der Waals surface area contributed by atoms with Crippen molar-refractivity contribution in [3.8, 4) is 0 Å². The first-order valence-corrected chi connectivity index (χ1v) is 8.26. The standard InChI is InChI=1S/C13H15FN2O2S2/c1-9-13(6-12(7-15)19-9)20(17,18)16-8-10-2-4-11(14)5-3-10/h2-6,16H,7-8,15H2,1H3. The predicted molar refractivity (Wildman–Crippen MR) is 77.4 cm³/mol. The van der Waals surface area contributed by atoms with E-state index in [1.165, 1.54) is 23.5 Å². The molecule has 1 aromatic carbocycles. The molecule has 0 aliphatic heterocycles. The first kappa shape index (κ1) is 15.1. The Hall–Kier alpha value is -1.28. The third-order valence-electron chi connectivity index (χ3n) is 2.79. The van der Waals surface area contributed by atoms with Crippen molar-refractivity contribution in [3.05, 3.63) is 51.5 Å². The van der Waals surface area contributed by atoms with Gasteiger partial charge in [0.1, 0.15) is 5.82 Å². The van der Waals surface area contributed by atoms with E-state index in [-0.39, 0.29) is 17.3 Å². The molecule has 2 aromatic rings. The van der Waals surface area contributed by atoms with Gasteiger partial charge in [-0.05, 0) is 30.7 Å². The molecule has 7 heteroatoms. The third kappa shape index (κ3) is 3.43. The predicted octanol–water partition coefficient (Wildman–Crippen LogP) is 2.13. The van der Waals surface area contributed by atoms with E-state index in [1.54, 1.807) is 25.1 Å². The number of aryl methyl sites for hydroxylation is 1. The summed E-state index contributed by atoms with van der Waals surface area (Å²) < 4.78 is 39.7. The molecule has 0 aliphatic rings. The molecule has 3 N–H and O–H groups in total. The van der Waals surface area contributed by atoms with Crippen molar-refractivity contribution < 1.29 is 12.8 Å². The molecule has 108 valence electrons. The van der Waals surface area contributed by atoms with Crippen LogP contribution in [0.5, 0.6) is 0 Å². The number of hydrogen-bond donors (Lipinski definition) is 2. The lowest BCUT2D eigenvalue weighted by Gasteiger charge is -2.06. The maximum Gasteiger partial charge on any atom is 0.241 e. The molecule has 2 rings (SSSR count). The van der Waals surface area contributed by atoms with Crippen molar-refractivity contribution in [3.63, 3.8) is 0 Å². The molecule has 1 heterocycles. The Bertz CT molecular complexity index is 694. The monoisotopic (exact) mass is 314 g/mol. The van der Waals surface area contributed by atoms with Gasteiger partial charge in [0, 0.05) is 22.8 Å². The molecule has 0 spiro atoms. The molecule has 0 saturated carbocycles. The van der Waals surface area contributed by atoms with Gasteiger partial charge in [0.15, 0.2) is 0 Å². The van der Waals surface area contributed by atoms with E-state index in [4.69, 9.17) is 5.73 Å². The zero-order chi connectivity index (χ0) is 14.8. The van der Waals surface area contributed by atoms with Crippen LogP contribution in [0.4, 0.5) is 4.39 Å². The summed E-state index contributed by atoms with van der Waals surface area (Å²) in [6, 6.07) is 7.28. The van der Waals surface area contributed by atoms with Gasteiger partial charge in [-0.1, -0.05) is 12.1 Å². The summed E-state index contributed by atoms with van der Waals surface area (Å²) in [5.74, 6) is -0.349. The van der Waals surface area contributed by atoms with Crippen LogP contribution in [0.3, 0.4) is 0 Å². The van der Waals surface area contributed by atoms with Crippen molar-refractivity contribution in [2.45, 2.75) is 24.9 Å². The average Bonchev–Trinajstić information content (AvgIpc) is 2.80. The molecule has 1 aromatic heterocycles. The van der Waals surface area contributed by atoms with E-state index >= 15 is 0 Å². The summed E-state index contributed by atoms with van der Waals surface area (Å²) in [6.07, 6.45) is 0. The van der Waals surface area contributed by atoms with Gasteiger partial charge in [-0.15, -0.1) is 11.3 Å². The van der Waals surface area contributed by atoms with Crippen molar-refractivity contribution in [1.82, 2.24) is 4.72 Å². The normalized spacial score (nSPS) is 11.8. The van der Waals surface area contributed by atoms with Crippen LogP contribution in [0.15, 0.2) is 35.2 Å². The van der Waals surface area contributed by atoms with Crippen LogP contribution in [-0.4, -0.2) is 8.42 Å². The van der Waals surface area contributed by atoms with Crippen LogP contribution in [-0.2, 0) is 23.1 Å². The van der Waals surface area contributed by atoms with Gasteiger partial charge in [-0.2, -0.15) is 0 Å². The van der Waals surface area contributed by atoms with Crippen molar-refractivity contribution in [1.29, 1.82) is 0 Å². The van der Waals surface area contributed by atoms with E-state index in [1.807, 2.05) is 0 Å². The maximum absolute atomic E-state index is 12.8.